The third-order valence-electron chi connectivity index (χ3n) is 17.3. The molecule has 10 atom stereocenters. The summed E-state index contributed by atoms with van der Waals surface area (Å²) in [5.74, 6) is -9.68. The van der Waals surface area contributed by atoms with Crippen LogP contribution in [0.1, 0.15) is 142 Å². The number of aliphatic hydroxyl groups excluding tert-OH is 2. The molecule has 3 aliphatic heterocycles. The van der Waals surface area contributed by atoms with Gasteiger partial charge in [-0.3, -0.25) is 77.4 Å². The van der Waals surface area contributed by atoms with Crippen molar-refractivity contribution in [1.82, 2.24) is 68.0 Å². The molecule has 1 saturated heterocycles. The summed E-state index contributed by atoms with van der Waals surface area (Å²) in [7, 11) is 1.89. The summed E-state index contributed by atoms with van der Waals surface area (Å²) in [5.41, 5.74) is 6.45. The minimum Gasteiger partial charge on any atom is -0.508 e. The number of ether oxygens (including phenoxy) is 1. The van der Waals surface area contributed by atoms with Crippen molar-refractivity contribution in [2.24, 2.45) is 5.73 Å². The summed E-state index contributed by atoms with van der Waals surface area (Å²) >= 11 is 0. The van der Waals surface area contributed by atoms with Crippen molar-refractivity contribution in [2.75, 3.05) is 37.7 Å². The summed E-state index contributed by atoms with van der Waals surface area (Å²) in [4.78, 5) is 194. The Morgan fingerprint density at radius 2 is 1.16 bits per heavy atom. The number of benzene rings is 2. The van der Waals surface area contributed by atoms with Gasteiger partial charge in [-0.25, -0.2) is 4.79 Å². The van der Waals surface area contributed by atoms with Crippen LogP contribution in [0.25, 0.3) is 10.9 Å². The molecule has 574 valence electrons. The third-order valence-corrected chi connectivity index (χ3v) is 19.7. The molecule has 16 N–H and O–H groups in total. The van der Waals surface area contributed by atoms with E-state index in [0.717, 1.165) is 31.4 Å². The van der Waals surface area contributed by atoms with Crippen LogP contribution in [0.15, 0.2) is 79.0 Å². The van der Waals surface area contributed by atoms with Gasteiger partial charge in [-0.2, -0.15) is 0 Å². The number of nitrogens with one attached hydrogen (secondary N) is 11. The monoisotopic (exact) mass is 1500 g/mol. The number of aliphatic hydroxyl groups is 2. The van der Waals surface area contributed by atoms with Gasteiger partial charge >= 0.3 is 6.09 Å². The number of nitrogens with two attached hydrogens (primary N) is 1. The van der Waals surface area contributed by atoms with E-state index in [-0.39, 0.29) is 119 Å². The lowest BCUT2D eigenvalue weighted by atomic mass is 10.0. The van der Waals surface area contributed by atoms with Gasteiger partial charge in [-0.05, 0) is 128 Å². The number of phenols is 1. The van der Waals surface area contributed by atoms with Crippen LogP contribution in [0.2, 0.25) is 0 Å². The second kappa shape index (κ2) is 42.5. The Kier molecular flexibility index (Phi) is 34.3. The molecule has 1 fully saturated rings. The van der Waals surface area contributed by atoms with Gasteiger partial charge in [0.1, 0.15) is 53.8 Å². The van der Waals surface area contributed by atoms with Gasteiger partial charge in [0, 0.05) is 105 Å². The van der Waals surface area contributed by atoms with Gasteiger partial charge in [0.25, 0.3) is 23.6 Å². The molecule has 3 aromatic rings. The highest BCUT2D eigenvalue weighted by Crippen LogP contribution is 2.26. The Bertz CT molecular complexity index is 3570. The van der Waals surface area contributed by atoms with Crippen molar-refractivity contribution in [1.29, 1.82) is 0 Å². The summed E-state index contributed by atoms with van der Waals surface area (Å²) < 4.78 is 5.36. The Morgan fingerprint density at radius 1 is 0.619 bits per heavy atom. The van der Waals surface area contributed by atoms with Crippen LogP contribution in [-0.4, -0.2) is 217 Å². The summed E-state index contributed by atoms with van der Waals surface area (Å²) in [6.45, 7) is 8.53. The number of carbonyl (C=O) groups is 14. The predicted octanol–water partition coefficient (Wildman–Crippen LogP) is 0.952. The second-order valence-corrected chi connectivity index (χ2v) is 29.5. The van der Waals surface area contributed by atoms with E-state index < -0.39 is 131 Å². The van der Waals surface area contributed by atoms with Crippen LogP contribution in [0.3, 0.4) is 0 Å². The molecular formula is C71H100N14O18S2. The number of amides is 14. The largest absolute Gasteiger partial charge is 0.508 e. The normalized spacial score (nSPS) is 20.6. The first-order chi connectivity index (χ1) is 50.0. The number of imide groups is 2. The van der Waals surface area contributed by atoms with Crippen molar-refractivity contribution in [3.05, 3.63) is 90.2 Å². The molecule has 0 bridgehead atoms. The molecule has 4 heterocycles. The Hall–Kier alpha value is -9.38. The fourth-order valence-electron chi connectivity index (χ4n) is 11.5. The van der Waals surface area contributed by atoms with Gasteiger partial charge < -0.3 is 78.6 Å². The number of aromatic hydroxyl groups is 1. The second-order valence-electron chi connectivity index (χ2n) is 26.9. The van der Waals surface area contributed by atoms with E-state index >= 15 is 14.4 Å². The topological polar surface area (TPSA) is 477 Å². The SMILES string of the molecule is CC[C@@H]1NC(=O)[C@H](CCCCNC(=O)OC(C)(C)C)NC(=O)[C@@H](Cc2c[nH]c3ccccc23)NC(=O)[C@H](Cc2ccc(O)cc2)NC(=O)[C@@H](NC(O)[C@@H](CCCCNC(=O)CCCCCN2C(=O)C=CC2=O)NC(=O)CCCCCN2C(=O)C=CC2=O)CSSC[C@@H](C(=O)N[C@H](C(N)=O)[C@@H](C)O)NC1=O. The van der Waals surface area contributed by atoms with Crippen molar-refractivity contribution in [3.8, 4) is 5.75 Å². The summed E-state index contributed by atoms with van der Waals surface area (Å²) in [6.07, 6.45) is 5.86. The van der Waals surface area contributed by atoms with Gasteiger partial charge in [0.05, 0.1) is 18.2 Å². The number of hydrogen-bond donors (Lipinski definition) is 15. The minimum atomic E-state index is -1.75. The number of aromatic nitrogens is 1. The number of fused-ring (bicyclic) bond motifs is 1. The number of alkyl carbamates (subject to hydrolysis) is 1. The van der Waals surface area contributed by atoms with E-state index in [1.165, 1.54) is 55.5 Å². The Morgan fingerprint density at radius 3 is 1.77 bits per heavy atom. The lowest BCUT2D eigenvalue weighted by molar-refractivity contribution is -0.138. The third kappa shape index (κ3) is 28.5. The maximum atomic E-state index is 15.3. The standard InChI is InChI=1S/C71H100N14O18S2/c1-6-47-63(95)81-54(69(101)83-61(42(2)86)62(72)94)41-105-104-40-53(82-64(96)49(76-56(89)24-10-8-18-36-85-59(92)31-32-60(85)93)21-13-15-33-73-55(88)23-9-7-17-35-84-57(90)29-30-58(84)91)68(100)79-51(37-43-25-27-45(87)28-26-43)66(98)80-52(38-44-39-75-48-20-12-11-19-46(44)48)67(99)78-50(65(97)77-47)22-14-16-34-74-70(102)103-71(3,4)5/h11-12,19-20,25-32,39,42,47,49-54,61,64,75,82,86-87,96H,6-10,13-18,21-24,33-38,40-41H2,1-5H3,(H2,72,94)(H,73,88)(H,74,102)(H,76,89)(H,77,97)(H,78,99)(H,79,100)(H,80,98)(H,81,95)(H,83,101)/t42-,47+,49-,50+,51+,52-,53+,54+,61+,64?/m1/s1. The van der Waals surface area contributed by atoms with Crippen LogP contribution < -0.4 is 58.9 Å². The van der Waals surface area contributed by atoms with Crippen LogP contribution in [0.5, 0.6) is 5.75 Å². The zero-order valence-electron chi connectivity index (χ0n) is 59.8. The number of hydrogen-bond acceptors (Lipinski definition) is 21. The molecule has 34 heteroatoms. The molecule has 0 aliphatic carbocycles. The van der Waals surface area contributed by atoms with Gasteiger partial charge in [0.2, 0.25) is 53.2 Å². The number of para-hydroxylation sites is 1. The van der Waals surface area contributed by atoms with Crippen molar-refractivity contribution < 1.29 is 87.2 Å². The van der Waals surface area contributed by atoms with Crippen molar-refractivity contribution in [3.63, 3.8) is 0 Å². The van der Waals surface area contributed by atoms with Crippen molar-refractivity contribution in [2.45, 2.75) is 210 Å². The Balaban J connectivity index is 1.32. The van der Waals surface area contributed by atoms with Gasteiger partial charge in [-0.15, -0.1) is 0 Å². The molecule has 6 rings (SSSR count). The molecule has 1 aromatic heterocycles. The molecule has 32 nitrogen and oxygen atoms in total. The molecule has 1 unspecified atom stereocenters. The maximum absolute atomic E-state index is 15.3. The molecule has 105 heavy (non-hydrogen) atoms. The van der Waals surface area contributed by atoms with Crippen molar-refractivity contribution >= 4 is 115 Å². The van der Waals surface area contributed by atoms with E-state index in [1.807, 2.05) is 0 Å². The number of unbranched alkanes of at least 4 members (excludes halogenated alkanes) is 6. The first-order valence-electron chi connectivity index (χ1n) is 35.4. The highest BCUT2D eigenvalue weighted by Gasteiger charge is 2.37. The molecule has 0 saturated carbocycles. The van der Waals surface area contributed by atoms with E-state index in [2.05, 4.69) is 58.2 Å². The van der Waals surface area contributed by atoms with Gasteiger partial charge in [-0.1, -0.05) is 71.7 Å². The molecule has 14 amide bonds. The number of rotatable bonds is 35. The molecule has 0 radical (unpaired) electrons. The molecule has 2 aromatic carbocycles. The van der Waals surface area contributed by atoms with E-state index in [0.29, 0.717) is 73.4 Å². The highest BCUT2D eigenvalue weighted by atomic mass is 33.1. The fraction of sp³-hybridized carbons (Fsp3) is 0.549. The average Bonchev–Trinajstić information content (AvgIpc) is 1.68. The van der Waals surface area contributed by atoms with E-state index in [1.54, 1.807) is 58.2 Å². The maximum Gasteiger partial charge on any atom is 0.407 e. The summed E-state index contributed by atoms with van der Waals surface area (Å²) in [6, 6.07) is 1.24. The fourth-order valence-corrected chi connectivity index (χ4v) is 13.9. The highest BCUT2D eigenvalue weighted by molar-refractivity contribution is 8.76. The van der Waals surface area contributed by atoms with Crippen LogP contribution in [-0.2, 0) is 79.9 Å². The molecule has 0 spiro atoms. The zero-order valence-corrected chi connectivity index (χ0v) is 61.4. The lowest BCUT2D eigenvalue weighted by Gasteiger charge is -2.30. The smallest absolute Gasteiger partial charge is 0.407 e. The quantitative estimate of drug-likeness (QED) is 0.0169. The lowest BCUT2D eigenvalue weighted by Crippen LogP contribution is -2.62. The van der Waals surface area contributed by atoms with Gasteiger partial charge in [0.15, 0.2) is 0 Å². The predicted molar refractivity (Wildman–Crippen MR) is 390 cm³/mol. The van der Waals surface area contributed by atoms with Crippen LogP contribution in [0.4, 0.5) is 4.79 Å². The first-order valence-corrected chi connectivity index (χ1v) is 37.9. The van der Waals surface area contributed by atoms with Crippen LogP contribution in [0, 0.1) is 0 Å². The number of nitrogens with zero attached hydrogens (tertiary/aromatic N) is 2. The number of carbonyl (C=O) groups excluding carboxylic acids is 14. The number of H-pyrrole nitrogens is 1. The number of aromatic amines is 1. The number of phenolic OH excluding ortho intramolecular Hbond substituents is 1. The summed E-state index contributed by atoms with van der Waals surface area (Å²) in [5, 5.41) is 61.3. The first kappa shape index (κ1) is 84.6. The average molecular weight is 1500 g/mol. The van der Waals surface area contributed by atoms with E-state index in [4.69, 9.17) is 10.5 Å². The molecular weight excluding hydrogens is 1400 g/mol. The van der Waals surface area contributed by atoms with Crippen LogP contribution >= 0.6 is 21.6 Å². The van der Waals surface area contributed by atoms with E-state index in [9.17, 15) is 68.1 Å². The zero-order chi connectivity index (χ0) is 76.8. The number of primary amides is 1. The molecule has 3 aliphatic rings. The minimum absolute atomic E-state index is 0.0610. The Labute approximate surface area is 617 Å².